The maximum absolute atomic E-state index is 11.3. The van der Waals surface area contributed by atoms with Crippen LogP contribution in [0.5, 0.6) is 0 Å². The van der Waals surface area contributed by atoms with Crippen molar-refractivity contribution < 1.29 is 14.6 Å². The maximum Gasteiger partial charge on any atom is 0.335 e. The number of carboxylic acids is 1. The van der Waals surface area contributed by atoms with Crippen LogP contribution >= 0.6 is 0 Å². The second kappa shape index (κ2) is 5.41. The summed E-state index contributed by atoms with van der Waals surface area (Å²) in [5, 5.41) is 18.0. The average molecular weight is 259 g/mol. The zero-order valence-electron chi connectivity index (χ0n) is 10.9. The van der Waals surface area contributed by atoms with Gasteiger partial charge in [-0.25, -0.2) is 4.79 Å². The van der Waals surface area contributed by atoms with Gasteiger partial charge in [0.1, 0.15) is 0 Å². The van der Waals surface area contributed by atoms with Crippen LogP contribution < -0.4 is 0 Å². The van der Waals surface area contributed by atoms with Crippen LogP contribution in [0, 0.1) is 11.3 Å². The van der Waals surface area contributed by atoms with Crippen LogP contribution in [0.25, 0.3) is 0 Å². The summed E-state index contributed by atoms with van der Waals surface area (Å²) in [7, 11) is 1.47. The van der Waals surface area contributed by atoms with Crippen molar-refractivity contribution in [2.45, 2.75) is 37.2 Å². The molecule has 0 saturated heterocycles. The topological polar surface area (TPSA) is 70.3 Å². The number of ether oxygens (including phenoxy) is 1. The van der Waals surface area contributed by atoms with Gasteiger partial charge in [0, 0.05) is 7.11 Å². The fourth-order valence-corrected chi connectivity index (χ4v) is 2.75. The molecule has 100 valence electrons. The largest absolute Gasteiger partial charge is 0.479 e. The molecule has 0 heterocycles. The summed E-state index contributed by atoms with van der Waals surface area (Å²) >= 11 is 0. The first-order valence-corrected chi connectivity index (χ1v) is 6.40. The summed E-state index contributed by atoms with van der Waals surface area (Å²) in [6.45, 7) is 0. The number of rotatable bonds is 3. The molecule has 1 aliphatic carbocycles. The normalized spacial score (nSPS) is 26.6. The van der Waals surface area contributed by atoms with Gasteiger partial charge in [-0.1, -0.05) is 12.1 Å². The molecule has 0 atom stereocenters. The maximum atomic E-state index is 11.3. The van der Waals surface area contributed by atoms with E-state index >= 15 is 0 Å². The van der Waals surface area contributed by atoms with Gasteiger partial charge in [0.15, 0.2) is 5.60 Å². The first-order valence-electron chi connectivity index (χ1n) is 6.40. The molecule has 19 heavy (non-hydrogen) atoms. The molecule has 0 spiro atoms. The number of carboxylic acid groups (broad SMARTS) is 1. The molecule has 1 aromatic rings. The van der Waals surface area contributed by atoms with Crippen molar-refractivity contribution in [2.75, 3.05) is 7.11 Å². The fourth-order valence-electron chi connectivity index (χ4n) is 2.75. The fraction of sp³-hybridized carbons (Fsp3) is 0.467. The van der Waals surface area contributed by atoms with Gasteiger partial charge in [-0.3, -0.25) is 0 Å². The summed E-state index contributed by atoms with van der Waals surface area (Å²) in [5.41, 5.74) is 0.814. The minimum absolute atomic E-state index is 0.357. The lowest BCUT2D eigenvalue weighted by atomic mass is 9.76. The first kappa shape index (κ1) is 13.6. The van der Waals surface area contributed by atoms with E-state index in [1.54, 1.807) is 0 Å². The summed E-state index contributed by atoms with van der Waals surface area (Å²) < 4.78 is 5.22. The molecule has 4 heteroatoms. The molecule has 4 nitrogen and oxygen atoms in total. The molecule has 1 N–H and O–H groups in total. The molecular weight excluding hydrogens is 242 g/mol. The third-order valence-corrected chi connectivity index (χ3v) is 4.08. The van der Waals surface area contributed by atoms with Crippen molar-refractivity contribution >= 4 is 5.97 Å². The van der Waals surface area contributed by atoms with Crippen molar-refractivity contribution in [3.05, 3.63) is 35.4 Å². The van der Waals surface area contributed by atoms with Crippen LogP contribution in [0.4, 0.5) is 0 Å². The minimum atomic E-state index is -1.01. The Morgan fingerprint density at radius 1 is 1.37 bits per heavy atom. The van der Waals surface area contributed by atoms with Gasteiger partial charge >= 0.3 is 5.97 Å². The summed E-state index contributed by atoms with van der Waals surface area (Å²) in [5.74, 6) is -0.511. The Labute approximate surface area is 112 Å². The second-order valence-electron chi connectivity index (χ2n) is 5.01. The SMILES string of the molecule is CO[C@]1(C(=O)O)CC[C@H](c2ccc(C#N)cc2)CC1. The van der Waals surface area contributed by atoms with Crippen LogP contribution in [0.2, 0.25) is 0 Å². The third-order valence-electron chi connectivity index (χ3n) is 4.08. The molecule has 0 unspecified atom stereocenters. The van der Waals surface area contributed by atoms with Gasteiger partial charge in [-0.15, -0.1) is 0 Å². The number of hydrogen-bond donors (Lipinski definition) is 1. The average Bonchev–Trinajstić information content (AvgIpc) is 2.47. The second-order valence-corrected chi connectivity index (χ2v) is 5.01. The van der Waals surface area contributed by atoms with E-state index in [1.165, 1.54) is 12.7 Å². The highest BCUT2D eigenvalue weighted by molar-refractivity contribution is 5.77. The number of benzene rings is 1. The molecular formula is C15H17NO3. The number of hydrogen-bond acceptors (Lipinski definition) is 3. The standard InChI is InChI=1S/C15H17NO3/c1-19-15(14(17)18)8-6-13(7-9-15)12-4-2-11(10-16)3-5-12/h2-5,13H,6-9H2,1H3,(H,17,18)/t13-,15+. The molecule has 0 aliphatic heterocycles. The molecule has 0 radical (unpaired) electrons. The van der Waals surface area contributed by atoms with Gasteiger partial charge in [-0.2, -0.15) is 5.26 Å². The molecule has 1 saturated carbocycles. The zero-order valence-corrected chi connectivity index (χ0v) is 10.9. The highest BCUT2D eigenvalue weighted by Crippen LogP contribution is 2.39. The van der Waals surface area contributed by atoms with E-state index in [2.05, 4.69) is 6.07 Å². The highest BCUT2D eigenvalue weighted by Gasteiger charge is 2.42. The predicted molar refractivity (Wildman–Crippen MR) is 69.7 cm³/mol. The molecule has 2 rings (SSSR count). The molecule has 0 bridgehead atoms. The first-order chi connectivity index (χ1) is 9.11. The Morgan fingerprint density at radius 3 is 2.37 bits per heavy atom. The predicted octanol–water partition coefficient (Wildman–Crippen LogP) is 2.69. The number of carbonyl (C=O) groups is 1. The Hall–Kier alpha value is -1.86. The zero-order chi connectivity index (χ0) is 13.9. The number of nitrogens with zero attached hydrogens (tertiary/aromatic N) is 1. The van der Waals surface area contributed by atoms with E-state index in [-0.39, 0.29) is 0 Å². The number of aliphatic carboxylic acids is 1. The van der Waals surface area contributed by atoms with Crippen LogP contribution in [0.15, 0.2) is 24.3 Å². The lowest BCUT2D eigenvalue weighted by molar-refractivity contribution is -0.166. The molecule has 1 fully saturated rings. The van der Waals surface area contributed by atoms with Crippen LogP contribution in [0.3, 0.4) is 0 Å². The van der Waals surface area contributed by atoms with Crippen molar-refractivity contribution in [1.29, 1.82) is 5.26 Å². The van der Waals surface area contributed by atoms with E-state index in [0.29, 0.717) is 24.3 Å². The quantitative estimate of drug-likeness (QED) is 0.906. The van der Waals surface area contributed by atoms with Gasteiger partial charge in [-0.05, 0) is 49.3 Å². The van der Waals surface area contributed by atoms with Gasteiger partial charge in [0.25, 0.3) is 0 Å². The summed E-state index contributed by atoms with van der Waals surface area (Å²) in [6, 6.07) is 9.64. The Bertz CT molecular complexity index is 493. The van der Waals surface area contributed by atoms with Crippen molar-refractivity contribution in [3.63, 3.8) is 0 Å². The van der Waals surface area contributed by atoms with Crippen LogP contribution in [0.1, 0.15) is 42.7 Å². The van der Waals surface area contributed by atoms with Crippen molar-refractivity contribution in [1.82, 2.24) is 0 Å². The smallest absolute Gasteiger partial charge is 0.335 e. The third kappa shape index (κ3) is 2.61. The lowest BCUT2D eigenvalue weighted by Crippen LogP contribution is -2.43. The van der Waals surface area contributed by atoms with Gasteiger partial charge < -0.3 is 9.84 Å². The van der Waals surface area contributed by atoms with E-state index < -0.39 is 11.6 Å². The Balaban J connectivity index is 2.07. The monoisotopic (exact) mass is 259 g/mol. The molecule has 0 aromatic heterocycles. The van der Waals surface area contributed by atoms with E-state index in [4.69, 9.17) is 10.00 Å². The minimum Gasteiger partial charge on any atom is -0.479 e. The van der Waals surface area contributed by atoms with E-state index in [1.807, 2.05) is 24.3 Å². The van der Waals surface area contributed by atoms with Crippen molar-refractivity contribution in [2.24, 2.45) is 0 Å². The lowest BCUT2D eigenvalue weighted by Gasteiger charge is -2.35. The highest BCUT2D eigenvalue weighted by atomic mass is 16.5. The summed E-state index contributed by atoms with van der Waals surface area (Å²) in [6.07, 6.45) is 2.66. The number of nitriles is 1. The Kier molecular flexibility index (Phi) is 3.87. The van der Waals surface area contributed by atoms with Crippen LogP contribution in [-0.4, -0.2) is 23.8 Å². The Morgan fingerprint density at radius 2 is 1.95 bits per heavy atom. The van der Waals surface area contributed by atoms with Crippen molar-refractivity contribution in [3.8, 4) is 6.07 Å². The number of methoxy groups -OCH3 is 1. The van der Waals surface area contributed by atoms with Gasteiger partial charge in [0.2, 0.25) is 0 Å². The van der Waals surface area contributed by atoms with E-state index in [9.17, 15) is 9.90 Å². The molecule has 1 aliphatic rings. The van der Waals surface area contributed by atoms with Crippen LogP contribution in [-0.2, 0) is 9.53 Å². The molecule has 0 amide bonds. The molecule has 1 aromatic carbocycles. The van der Waals surface area contributed by atoms with E-state index in [0.717, 1.165) is 12.8 Å². The summed E-state index contributed by atoms with van der Waals surface area (Å²) in [4.78, 5) is 11.3. The van der Waals surface area contributed by atoms with Gasteiger partial charge in [0.05, 0.1) is 11.6 Å².